The van der Waals surface area contributed by atoms with Gasteiger partial charge in [-0.25, -0.2) is 17.8 Å². The number of fused-ring (bicyclic) bond motifs is 1. The molecule has 150 valence electrons. The molecule has 1 aromatic carbocycles. The number of carbonyl (C=O) groups excluding carboxylic acids is 1. The molecule has 1 atom stereocenters. The fourth-order valence-electron chi connectivity index (χ4n) is 4.12. The molecule has 3 heterocycles. The maximum absolute atomic E-state index is 13.3. The minimum atomic E-state index is -3.08. The molecule has 6 nitrogen and oxygen atoms in total. The van der Waals surface area contributed by atoms with Crippen molar-refractivity contribution in [3.63, 3.8) is 0 Å². The van der Waals surface area contributed by atoms with Gasteiger partial charge in [-0.15, -0.1) is 0 Å². The van der Waals surface area contributed by atoms with Gasteiger partial charge in [-0.05, 0) is 49.9 Å². The van der Waals surface area contributed by atoms with Gasteiger partial charge in [-0.3, -0.25) is 4.79 Å². The van der Waals surface area contributed by atoms with Crippen LogP contribution in [0.25, 0.3) is 11.4 Å². The van der Waals surface area contributed by atoms with E-state index in [2.05, 4.69) is 9.55 Å². The molecule has 0 saturated carbocycles. The Morgan fingerprint density at radius 1 is 1.21 bits per heavy atom. The van der Waals surface area contributed by atoms with Crippen LogP contribution in [0.5, 0.6) is 0 Å². The van der Waals surface area contributed by atoms with Gasteiger partial charge in [0.25, 0.3) is 5.91 Å². The molecule has 8 heteroatoms. The van der Waals surface area contributed by atoms with Crippen LogP contribution in [0.4, 0.5) is 4.39 Å². The zero-order valence-electron chi connectivity index (χ0n) is 15.9. The number of imidazole rings is 1. The molecule has 0 spiro atoms. The Kier molecular flexibility index (Phi) is 4.99. The molecule has 1 amide bonds. The van der Waals surface area contributed by atoms with E-state index < -0.39 is 9.84 Å². The number of halogens is 1. The highest BCUT2D eigenvalue weighted by molar-refractivity contribution is 7.91. The van der Waals surface area contributed by atoms with Crippen LogP contribution in [0.2, 0.25) is 0 Å². The molecule has 0 bridgehead atoms. The van der Waals surface area contributed by atoms with Crippen LogP contribution >= 0.6 is 0 Å². The third-order valence-electron chi connectivity index (χ3n) is 5.75. The highest BCUT2D eigenvalue weighted by Crippen LogP contribution is 2.29. The zero-order valence-corrected chi connectivity index (χ0v) is 16.7. The fourth-order valence-corrected chi connectivity index (χ4v) is 5.90. The van der Waals surface area contributed by atoms with Gasteiger partial charge in [0, 0.05) is 25.2 Å². The Hall–Kier alpha value is -2.22. The number of sulfone groups is 1. The molecule has 0 N–H and O–H groups in total. The normalized spacial score (nSPS) is 21.1. The molecule has 28 heavy (non-hydrogen) atoms. The lowest BCUT2D eigenvalue weighted by Crippen LogP contribution is -2.38. The van der Waals surface area contributed by atoms with Crippen LogP contribution in [-0.2, 0) is 22.8 Å². The van der Waals surface area contributed by atoms with Crippen molar-refractivity contribution >= 4 is 15.7 Å². The van der Waals surface area contributed by atoms with Crippen LogP contribution in [0.3, 0.4) is 0 Å². The average molecular weight is 405 g/mol. The maximum Gasteiger partial charge on any atom is 0.274 e. The van der Waals surface area contributed by atoms with Crippen molar-refractivity contribution in [1.82, 2.24) is 14.5 Å². The Bertz CT molecular complexity index is 998. The number of carbonyl (C=O) groups is 1. The number of hydrogen-bond acceptors (Lipinski definition) is 4. The molecule has 2 aromatic rings. The monoisotopic (exact) mass is 405 g/mol. The SMILES string of the molecule is CN(C(=O)c1nc(-c2ccc(F)cc2)n2c1CCCCC2)C1CCS(=O)(=O)C1. The molecule has 1 unspecified atom stereocenters. The van der Waals surface area contributed by atoms with E-state index in [0.29, 0.717) is 17.9 Å². The lowest BCUT2D eigenvalue weighted by atomic mass is 10.1. The lowest BCUT2D eigenvalue weighted by Gasteiger charge is -2.23. The van der Waals surface area contributed by atoms with Crippen LogP contribution in [-0.4, -0.2) is 53.4 Å². The Labute approximate surface area is 164 Å². The van der Waals surface area contributed by atoms with E-state index in [1.165, 1.54) is 17.0 Å². The standard InChI is InChI=1S/C20H24FN3O3S/c1-23(16-10-12-28(26,27)13-16)20(25)18-17-5-3-2-4-11-24(17)19(22-18)14-6-8-15(21)9-7-14/h6-9,16H,2-5,10-13H2,1H3. The fraction of sp³-hybridized carbons (Fsp3) is 0.500. The number of nitrogens with zero attached hydrogens (tertiary/aromatic N) is 3. The van der Waals surface area contributed by atoms with E-state index in [-0.39, 0.29) is 29.3 Å². The quantitative estimate of drug-likeness (QED) is 0.787. The topological polar surface area (TPSA) is 72.3 Å². The summed E-state index contributed by atoms with van der Waals surface area (Å²) in [4.78, 5) is 19.4. The van der Waals surface area contributed by atoms with E-state index in [1.54, 1.807) is 19.2 Å². The zero-order chi connectivity index (χ0) is 19.9. The molecule has 4 rings (SSSR count). The summed E-state index contributed by atoms with van der Waals surface area (Å²) in [6, 6.07) is 5.83. The number of rotatable bonds is 3. The van der Waals surface area contributed by atoms with Gasteiger partial charge in [0.05, 0.1) is 17.2 Å². The first-order chi connectivity index (χ1) is 13.4. The highest BCUT2D eigenvalue weighted by Gasteiger charge is 2.35. The third-order valence-corrected chi connectivity index (χ3v) is 7.50. The van der Waals surface area contributed by atoms with Crippen molar-refractivity contribution in [2.24, 2.45) is 0 Å². The summed E-state index contributed by atoms with van der Waals surface area (Å²) < 4.78 is 39.0. The smallest absolute Gasteiger partial charge is 0.274 e. The van der Waals surface area contributed by atoms with Crippen LogP contribution in [0.1, 0.15) is 41.9 Å². The van der Waals surface area contributed by atoms with E-state index in [4.69, 9.17) is 0 Å². The van der Waals surface area contributed by atoms with Gasteiger partial charge in [-0.1, -0.05) is 6.42 Å². The van der Waals surface area contributed by atoms with Gasteiger partial charge in [0.2, 0.25) is 0 Å². The van der Waals surface area contributed by atoms with Crippen molar-refractivity contribution in [2.75, 3.05) is 18.6 Å². The molecule has 1 aromatic heterocycles. The number of hydrogen-bond donors (Lipinski definition) is 0. The van der Waals surface area contributed by atoms with E-state index in [0.717, 1.165) is 43.5 Å². The van der Waals surface area contributed by atoms with Crippen molar-refractivity contribution in [3.05, 3.63) is 41.5 Å². The van der Waals surface area contributed by atoms with Gasteiger partial charge in [0.15, 0.2) is 9.84 Å². The summed E-state index contributed by atoms with van der Waals surface area (Å²) in [7, 11) is -1.42. The summed E-state index contributed by atoms with van der Waals surface area (Å²) in [6.45, 7) is 0.768. The average Bonchev–Trinajstić information content (AvgIpc) is 3.11. The van der Waals surface area contributed by atoms with Crippen molar-refractivity contribution in [2.45, 2.75) is 44.7 Å². The largest absolute Gasteiger partial charge is 0.336 e. The summed E-state index contributed by atoms with van der Waals surface area (Å²) in [5.74, 6) is 0.256. The van der Waals surface area contributed by atoms with Gasteiger partial charge in [-0.2, -0.15) is 0 Å². The van der Waals surface area contributed by atoms with Crippen molar-refractivity contribution in [3.8, 4) is 11.4 Å². The van der Waals surface area contributed by atoms with E-state index in [1.807, 2.05) is 0 Å². The summed E-state index contributed by atoms with van der Waals surface area (Å²) >= 11 is 0. The first-order valence-electron chi connectivity index (χ1n) is 9.68. The highest BCUT2D eigenvalue weighted by atomic mass is 32.2. The first-order valence-corrected chi connectivity index (χ1v) is 11.5. The number of aromatic nitrogens is 2. The van der Waals surface area contributed by atoms with Gasteiger partial charge in [0.1, 0.15) is 17.3 Å². The molecular formula is C20H24FN3O3S. The predicted octanol–water partition coefficient (Wildman–Crippen LogP) is 2.67. The third kappa shape index (κ3) is 3.57. The molecule has 0 aliphatic carbocycles. The lowest BCUT2D eigenvalue weighted by molar-refractivity contribution is 0.0741. The second kappa shape index (κ2) is 7.31. The summed E-state index contributed by atoms with van der Waals surface area (Å²) in [5, 5.41) is 0. The number of amides is 1. The molecule has 2 aliphatic rings. The second-order valence-corrected chi connectivity index (χ2v) is 9.90. The molecule has 1 fully saturated rings. The summed E-state index contributed by atoms with van der Waals surface area (Å²) in [5.41, 5.74) is 2.07. The van der Waals surface area contributed by atoms with Crippen LogP contribution in [0.15, 0.2) is 24.3 Å². The van der Waals surface area contributed by atoms with Crippen LogP contribution in [0, 0.1) is 5.82 Å². The number of benzene rings is 1. The minimum Gasteiger partial charge on any atom is -0.336 e. The Morgan fingerprint density at radius 2 is 1.96 bits per heavy atom. The van der Waals surface area contributed by atoms with Crippen LogP contribution < -0.4 is 0 Å². The molecule has 0 radical (unpaired) electrons. The van der Waals surface area contributed by atoms with Crippen molar-refractivity contribution in [1.29, 1.82) is 0 Å². The summed E-state index contributed by atoms with van der Waals surface area (Å²) in [6.07, 6.45) is 4.28. The van der Waals surface area contributed by atoms with E-state index >= 15 is 0 Å². The Balaban J connectivity index is 1.72. The molecule has 1 saturated heterocycles. The molecular weight excluding hydrogens is 381 g/mol. The second-order valence-electron chi connectivity index (χ2n) is 7.67. The minimum absolute atomic E-state index is 0.0100. The van der Waals surface area contributed by atoms with Crippen molar-refractivity contribution < 1.29 is 17.6 Å². The first kappa shape index (κ1) is 19.1. The Morgan fingerprint density at radius 3 is 2.64 bits per heavy atom. The molecule has 2 aliphatic heterocycles. The van der Waals surface area contributed by atoms with Gasteiger partial charge >= 0.3 is 0 Å². The van der Waals surface area contributed by atoms with Gasteiger partial charge < -0.3 is 9.47 Å². The maximum atomic E-state index is 13.3. The van der Waals surface area contributed by atoms with E-state index in [9.17, 15) is 17.6 Å². The predicted molar refractivity (Wildman–Crippen MR) is 104 cm³/mol.